The fourth-order valence-corrected chi connectivity index (χ4v) is 5.51. The van der Waals surface area contributed by atoms with E-state index in [1.54, 1.807) is 18.2 Å². The van der Waals surface area contributed by atoms with Gasteiger partial charge >= 0.3 is 0 Å². The highest BCUT2D eigenvalue weighted by Crippen LogP contribution is 2.33. The topological polar surface area (TPSA) is 103 Å². The molecular formula is C29H32N4O5S. The Morgan fingerprint density at radius 1 is 1.18 bits per heavy atom. The Bertz CT molecular complexity index is 1340. The quantitative estimate of drug-likeness (QED) is 0.387. The van der Waals surface area contributed by atoms with Crippen molar-refractivity contribution in [1.29, 1.82) is 0 Å². The predicted octanol–water partition coefficient (Wildman–Crippen LogP) is 3.93. The van der Waals surface area contributed by atoms with Gasteiger partial charge in [-0.15, -0.1) is 0 Å². The van der Waals surface area contributed by atoms with Crippen LogP contribution in [0.4, 0.5) is 0 Å². The predicted molar refractivity (Wildman–Crippen MR) is 147 cm³/mol. The minimum absolute atomic E-state index is 0.00990. The van der Waals surface area contributed by atoms with Gasteiger partial charge in [-0.3, -0.25) is 9.59 Å². The van der Waals surface area contributed by atoms with Crippen LogP contribution < -0.4 is 14.8 Å². The molecule has 1 aromatic heterocycles. The van der Waals surface area contributed by atoms with Gasteiger partial charge in [-0.05, 0) is 61.2 Å². The number of piperidine rings is 1. The number of fused-ring (bicyclic) bond motifs is 5. The first-order chi connectivity index (χ1) is 19.0. The molecule has 9 nitrogen and oxygen atoms in total. The van der Waals surface area contributed by atoms with E-state index in [9.17, 15) is 9.59 Å². The van der Waals surface area contributed by atoms with Crippen molar-refractivity contribution in [3.05, 3.63) is 71.5 Å². The van der Waals surface area contributed by atoms with Gasteiger partial charge in [0.1, 0.15) is 5.75 Å². The van der Waals surface area contributed by atoms with Crippen LogP contribution in [0.3, 0.4) is 0 Å². The Kier molecular flexibility index (Phi) is 8.63. The maximum Gasteiger partial charge on any atom is 0.233 e. The van der Waals surface area contributed by atoms with Crippen molar-refractivity contribution in [2.75, 3.05) is 26.0 Å². The van der Waals surface area contributed by atoms with Gasteiger partial charge < -0.3 is 24.4 Å². The molecule has 5 rings (SSSR count). The smallest absolute Gasteiger partial charge is 0.233 e. The zero-order chi connectivity index (χ0) is 27.2. The Labute approximate surface area is 232 Å². The van der Waals surface area contributed by atoms with Crippen molar-refractivity contribution in [1.82, 2.24) is 20.2 Å². The number of ether oxygens (including phenoxy) is 3. The highest BCUT2D eigenvalue weighted by molar-refractivity contribution is 7.99. The number of carbonyl (C=O) groups excluding carboxylic acids is 2. The number of hydrogen-bond donors (Lipinski definition) is 1. The molecule has 2 aliphatic rings. The second kappa shape index (κ2) is 12.5. The standard InChI is InChI=1S/C29H32N4O5S/c1-19-10-12-30-29(31-19)39-18-28(35)33-13-11-24-23(16-33)32-27(34)9-7-20-6-8-25(36-2)26(15-20)38-22-5-3-4-21(14-22)17-37-24/h3-6,8,10,12,14-15,23-24H,7,9,11,13,16-18H2,1-2H3,(H,32,34)/t23-,24+/m0/s1. The van der Waals surface area contributed by atoms with Gasteiger partial charge in [0, 0.05) is 31.4 Å². The third kappa shape index (κ3) is 7.07. The number of aryl methyl sites for hydroxylation is 2. The van der Waals surface area contributed by atoms with Crippen LogP contribution in [0.15, 0.2) is 59.9 Å². The van der Waals surface area contributed by atoms with Gasteiger partial charge in [-0.1, -0.05) is 30.0 Å². The Balaban J connectivity index is 1.31. The van der Waals surface area contributed by atoms with Gasteiger partial charge in [-0.25, -0.2) is 9.97 Å². The van der Waals surface area contributed by atoms with Crippen LogP contribution >= 0.6 is 11.8 Å². The summed E-state index contributed by atoms with van der Waals surface area (Å²) in [6.07, 6.45) is 2.94. The van der Waals surface area contributed by atoms with E-state index < -0.39 is 0 Å². The summed E-state index contributed by atoms with van der Waals surface area (Å²) in [5.41, 5.74) is 2.78. The highest BCUT2D eigenvalue weighted by Gasteiger charge is 2.33. The molecule has 0 saturated carbocycles. The summed E-state index contributed by atoms with van der Waals surface area (Å²) in [7, 11) is 1.60. The van der Waals surface area contributed by atoms with Crippen molar-refractivity contribution in [2.24, 2.45) is 0 Å². The average Bonchev–Trinajstić information content (AvgIpc) is 2.94. The van der Waals surface area contributed by atoms with E-state index in [0.29, 0.717) is 61.4 Å². The van der Waals surface area contributed by atoms with Crippen LogP contribution in [0.1, 0.15) is 29.7 Å². The minimum atomic E-state index is -0.314. The first-order valence-corrected chi connectivity index (χ1v) is 14.0. The molecule has 2 atom stereocenters. The lowest BCUT2D eigenvalue weighted by molar-refractivity contribution is -0.135. The van der Waals surface area contributed by atoms with E-state index in [1.807, 2.05) is 55.5 Å². The lowest BCUT2D eigenvalue weighted by Crippen LogP contribution is -2.57. The number of likely N-dealkylation sites (tertiary alicyclic amines) is 1. The molecule has 2 aromatic carbocycles. The molecule has 10 heteroatoms. The van der Waals surface area contributed by atoms with Crippen molar-refractivity contribution < 1.29 is 23.8 Å². The Hall–Kier alpha value is -3.63. The number of methoxy groups -OCH3 is 1. The molecule has 0 unspecified atom stereocenters. The van der Waals surface area contributed by atoms with E-state index in [1.165, 1.54) is 11.8 Å². The SMILES string of the molecule is COc1ccc2cc1Oc1cccc(c1)CO[C@@H]1CCN(C(=O)CSc3nccc(C)n3)C[C@@H]1NC(=O)CC2. The summed E-state index contributed by atoms with van der Waals surface area (Å²) >= 11 is 1.32. The molecule has 4 bridgehead atoms. The fourth-order valence-electron chi connectivity index (χ4n) is 4.73. The van der Waals surface area contributed by atoms with Crippen LogP contribution in [0, 0.1) is 6.92 Å². The maximum absolute atomic E-state index is 13.1. The Morgan fingerprint density at radius 3 is 2.92 bits per heavy atom. The van der Waals surface area contributed by atoms with Crippen molar-refractivity contribution in [3.8, 4) is 17.2 Å². The molecule has 204 valence electrons. The molecule has 2 aliphatic heterocycles. The molecule has 0 spiro atoms. The number of carbonyl (C=O) groups is 2. The normalized spacial score (nSPS) is 19.5. The summed E-state index contributed by atoms with van der Waals surface area (Å²) in [5.74, 6) is 2.05. The van der Waals surface area contributed by atoms with Crippen LogP contribution in [0.5, 0.6) is 17.2 Å². The van der Waals surface area contributed by atoms with Crippen molar-refractivity contribution >= 4 is 23.6 Å². The minimum Gasteiger partial charge on any atom is -0.493 e. The highest BCUT2D eigenvalue weighted by atomic mass is 32.2. The fraction of sp³-hybridized carbons (Fsp3) is 0.379. The van der Waals surface area contributed by atoms with E-state index >= 15 is 0 Å². The molecule has 1 fully saturated rings. The largest absolute Gasteiger partial charge is 0.493 e. The van der Waals surface area contributed by atoms with Crippen LogP contribution in [0.25, 0.3) is 0 Å². The number of benzene rings is 2. The van der Waals surface area contributed by atoms with Gasteiger partial charge in [-0.2, -0.15) is 0 Å². The van der Waals surface area contributed by atoms with E-state index in [-0.39, 0.29) is 29.7 Å². The van der Waals surface area contributed by atoms with Crippen LogP contribution in [-0.2, 0) is 27.4 Å². The van der Waals surface area contributed by atoms with Crippen molar-refractivity contribution in [2.45, 2.75) is 50.1 Å². The number of aromatic nitrogens is 2. The van der Waals surface area contributed by atoms with Gasteiger partial charge in [0.25, 0.3) is 0 Å². The first kappa shape index (κ1) is 27.0. The molecule has 39 heavy (non-hydrogen) atoms. The molecule has 1 N–H and O–H groups in total. The number of thioether (sulfide) groups is 1. The summed E-state index contributed by atoms with van der Waals surface area (Å²) in [4.78, 5) is 36.5. The van der Waals surface area contributed by atoms with E-state index in [2.05, 4.69) is 15.3 Å². The second-order valence-electron chi connectivity index (χ2n) is 9.66. The third-order valence-electron chi connectivity index (χ3n) is 6.81. The monoisotopic (exact) mass is 548 g/mol. The van der Waals surface area contributed by atoms with Gasteiger partial charge in [0.05, 0.1) is 31.6 Å². The molecule has 0 radical (unpaired) electrons. The van der Waals surface area contributed by atoms with E-state index in [0.717, 1.165) is 16.8 Å². The van der Waals surface area contributed by atoms with Crippen LogP contribution in [-0.4, -0.2) is 64.8 Å². The third-order valence-corrected chi connectivity index (χ3v) is 7.65. The maximum atomic E-state index is 13.1. The second-order valence-corrected chi connectivity index (χ2v) is 10.6. The van der Waals surface area contributed by atoms with Crippen molar-refractivity contribution in [3.63, 3.8) is 0 Å². The molecule has 3 heterocycles. The van der Waals surface area contributed by atoms with E-state index in [4.69, 9.17) is 14.2 Å². The zero-order valence-corrected chi connectivity index (χ0v) is 22.9. The average molecular weight is 549 g/mol. The number of hydrogen-bond acceptors (Lipinski definition) is 8. The molecule has 0 aliphatic carbocycles. The number of nitrogens with zero attached hydrogens (tertiary/aromatic N) is 3. The summed E-state index contributed by atoms with van der Waals surface area (Å²) in [6.45, 7) is 3.20. The van der Waals surface area contributed by atoms with Crippen LogP contribution in [0.2, 0.25) is 0 Å². The summed E-state index contributed by atoms with van der Waals surface area (Å²) in [5, 5.41) is 3.73. The van der Waals surface area contributed by atoms with Gasteiger partial charge in [0.2, 0.25) is 11.8 Å². The number of nitrogens with one attached hydrogen (secondary N) is 1. The number of rotatable bonds is 4. The zero-order valence-electron chi connectivity index (χ0n) is 22.1. The Morgan fingerprint density at radius 2 is 2.08 bits per heavy atom. The number of amides is 2. The molecule has 2 amide bonds. The molecular weight excluding hydrogens is 516 g/mol. The molecule has 1 saturated heterocycles. The van der Waals surface area contributed by atoms with Gasteiger partial charge in [0.15, 0.2) is 16.7 Å². The summed E-state index contributed by atoms with van der Waals surface area (Å²) in [6, 6.07) is 15.0. The molecule has 3 aromatic rings. The summed E-state index contributed by atoms with van der Waals surface area (Å²) < 4.78 is 17.9. The lowest BCUT2D eigenvalue weighted by atomic mass is 10.0. The first-order valence-electron chi connectivity index (χ1n) is 13.0. The lowest BCUT2D eigenvalue weighted by Gasteiger charge is -2.38.